The van der Waals surface area contributed by atoms with E-state index in [0.29, 0.717) is 41.6 Å². The number of hydrogen-bond acceptors (Lipinski definition) is 5. The van der Waals surface area contributed by atoms with Crippen LogP contribution in [0.1, 0.15) is 28.9 Å². The molecular formula is C22H24N6O3S. The molecule has 1 fully saturated rings. The molecule has 5 N–H and O–H groups in total. The smallest absolute Gasteiger partial charge is 0.321 e. The number of nitrogens with one attached hydrogen (secondary N) is 3. The van der Waals surface area contributed by atoms with E-state index in [-0.39, 0.29) is 17.9 Å². The Morgan fingerprint density at radius 2 is 2.09 bits per heavy atom. The number of aryl methyl sites for hydroxylation is 1. The number of anilines is 2. The van der Waals surface area contributed by atoms with Gasteiger partial charge in [-0.3, -0.25) is 9.59 Å². The van der Waals surface area contributed by atoms with Gasteiger partial charge in [0.05, 0.1) is 11.6 Å². The van der Waals surface area contributed by atoms with Gasteiger partial charge in [0, 0.05) is 35.9 Å². The maximum atomic E-state index is 12.8. The number of thiazole rings is 1. The van der Waals surface area contributed by atoms with Crippen molar-refractivity contribution in [1.29, 1.82) is 0 Å². The summed E-state index contributed by atoms with van der Waals surface area (Å²) in [4.78, 5) is 45.6. The predicted molar refractivity (Wildman–Crippen MR) is 124 cm³/mol. The van der Waals surface area contributed by atoms with Crippen molar-refractivity contribution < 1.29 is 14.4 Å². The number of nitrogens with two attached hydrogens (primary N) is 1. The molecule has 1 aromatic carbocycles. The molecule has 2 aromatic heterocycles. The number of primary amides is 1. The number of likely N-dealkylation sites (tertiary alicyclic amines) is 1. The predicted octanol–water partition coefficient (Wildman–Crippen LogP) is 3.43. The fraction of sp³-hybridized carbons (Fsp3) is 0.273. The van der Waals surface area contributed by atoms with Crippen molar-refractivity contribution in [1.82, 2.24) is 14.9 Å². The van der Waals surface area contributed by atoms with E-state index in [1.54, 1.807) is 22.5 Å². The van der Waals surface area contributed by atoms with Crippen LogP contribution >= 0.6 is 11.3 Å². The topological polar surface area (TPSA) is 133 Å². The molecule has 1 atom stereocenters. The quantitative estimate of drug-likeness (QED) is 0.472. The van der Waals surface area contributed by atoms with Gasteiger partial charge in [-0.05, 0) is 43.5 Å². The first-order valence-corrected chi connectivity index (χ1v) is 11.1. The molecule has 1 aliphatic heterocycles. The Morgan fingerprint density at radius 1 is 1.25 bits per heavy atom. The van der Waals surface area contributed by atoms with Crippen molar-refractivity contribution >= 4 is 40.0 Å². The number of nitrogens with zero attached hydrogens (tertiary/aromatic N) is 2. The molecule has 3 heterocycles. The van der Waals surface area contributed by atoms with Gasteiger partial charge in [-0.1, -0.05) is 12.1 Å². The van der Waals surface area contributed by atoms with Gasteiger partial charge in [-0.2, -0.15) is 0 Å². The van der Waals surface area contributed by atoms with Crippen LogP contribution in [0, 0.1) is 12.8 Å². The van der Waals surface area contributed by atoms with E-state index in [0.717, 1.165) is 17.7 Å². The summed E-state index contributed by atoms with van der Waals surface area (Å²) in [7, 11) is 0. The van der Waals surface area contributed by atoms with Gasteiger partial charge in [0.2, 0.25) is 5.91 Å². The number of aromatic amines is 1. The molecule has 166 valence electrons. The van der Waals surface area contributed by atoms with Gasteiger partial charge in [-0.15, -0.1) is 11.3 Å². The molecule has 1 saturated heterocycles. The molecule has 0 aliphatic carbocycles. The zero-order chi connectivity index (χ0) is 22.7. The average molecular weight is 453 g/mol. The van der Waals surface area contributed by atoms with Gasteiger partial charge < -0.3 is 26.3 Å². The summed E-state index contributed by atoms with van der Waals surface area (Å²) >= 11 is 1.30. The Hall–Kier alpha value is -3.66. The van der Waals surface area contributed by atoms with Crippen molar-refractivity contribution in [2.24, 2.45) is 11.7 Å². The summed E-state index contributed by atoms with van der Waals surface area (Å²) in [6, 6.07) is 9.02. The van der Waals surface area contributed by atoms with Crippen LogP contribution in [0.3, 0.4) is 0 Å². The first-order chi connectivity index (χ1) is 15.4. The molecule has 10 heteroatoms. The number of piperidine rings is 1. The summed E-state index contributed by atoms with van der Waals surface area (Å²) in [6.45, 7) is 2.92. The Labute approximate surface area is 189 Å². The second kappa shape index (κ2) is 9.23. The normalized spacial score (nSPS) is 15.9. The fourth-order valence-corrected chi connectivity index (χ4v) is 4.38. The van der Waals surface area contributed by atoms with Crippen molar-refractivity contribution in [3.63, 3.8) is 0 Å². The van der Waals surface area contributed by atoms with Crippen molar-refractivity contribution in [3.8, 4) is 11.3 Å². The number of amides is 4. The van der Waals surface area contributed by atoms with Crippen LogP contribution in [-0.4, -0.2) is 45.8 Å². The third kappa shape index (κ3) is 4.97. The summed E-state index contributed by atoms with van der Waals surface area (Å²) < 4.78 is 0. The highest BCUT2D eigenvalue weighted by molar-refractivity contribution is 7.14. The van der Waals surface area contributed by atoms with E-state index in [4.69, 9.17) is 5.73 Å². The zero-order valence-corrected chi connectivity index (χ0v) is 18.4. The van der Waals surface area contributed by atoms with Crippen LogP contribution in [0.25, 0.3) is 11.3 Å². The van der Waals surface area contributed by atoms with Gasteiger partial charge in [0.1, 0.15) is 5.69 Å². The number of carbonyl (C=O) groups is 3. The number of rotatable bonds is 5. The van der Waals surface area contributed by atoms with E-state index < -0.39 is 5.91 Å². The highest BCUT2D eigenvalue weighted by Crippen LogP contribution is 2.27. The number of aromatic nitrogens is 2. The lowest BCUT2D eigenvalue weighted by atomic mass is 9.97. The molecule has 0 spiro atoms. The largest absolute Gasteiger partial charge is 0.364 e. The SMILES string of the molecule is Cc1cccc(NC(=O)N2CCCC(C(=O)Nc3nc(-c4c[nH]c(C(N)=O)c4)cs3)C2)c1. The molecule has 9 nitrogen and oxygen atoms in total. The molecular weight excluding hydrogens is 428 g/mol. The Morgan fingerprint density at radius 3 is 2.84 bits per heavy atom. The maximum Gasteiger partial charge on any atom is 0.321 e. The third-order valence-corrected chi connectivity index (χ3v) is 6.09. The second-order valence-corrected chi connectivity index (χ2v) is 8.64. The number of urea groups is 1. The molecule has 0 radical (unpaired) electrons. The summed E-state index contributed by atoms with van der Waals surface area (Å²) in [5.41, 5.74) is 8.71. The van der Waals surface area contributed by atoms with Crippen LogP contribution in [-0.2, 0) is 4.79 Å². The Bertz CT molecular complexity index is 1150. The maximum absolute atomic E-state index is 12.8. The molecule has 4 amide bonds. The van der Waals surface area contributed by atoms with Gasteiger partial charge in [0.15, 0.2) is 5.13 Å². The Balaban J connectivity index is 1.35. The van der Waals surface area contributed by atoms with Crippen molar-refractivity contribution in [2.75, 3.05) is 23.7 Å². The molecule has 4 rings (SSSR count). The minimum atomic E-state index is -0.548. The van der Waals surface area contributed by atoms with E-state index in [2.05, 4.69) is 20.6 Å². The molecule has 0 saturated carbocycles. The molecule has 0 bridgehead atoms. The van der Waals surface area contributed by atoms with Crippen LogP contribution in [0.15, 0.2) is 41.9 Å². The van der Waals surface area contributed by atoms with E-state index >= 15 is 0 Å². The number of H-pyrrole nitrogens is 1. The van der Waals surface area contributed by atoms with Gasteiger partial charge >= 0.3 is 6.03 Å². The lowest BCUT2D eigenvalue weighted by Crippen LogP contribution is -2.45. The fourth-order valence-electron chi connectivity index (χ4n) is 3.66. The van der Waals surface area contributed by atoms with Gasteiger partial charge in [-0.25, -0.2) is 9.78 Å². The monoisotopic (exact) mass is 452 g/mol. The van der Waals surface area contributed by atoms with Crippen LogP contribution in [0.2, 0.25) is 0 Å². The lowest BCUT2D eigenvalue weighted by molar-refractivity contribution is -0.121. The van der Waals surface area contributed by atoms with Crippen LogP contribution < -0.4 is 16.4 Å². The standard InChI is InChI=1S/C22H24N6O3S/c1-13-4-2-6-16(8-13)25-22(31)28-7-3-5-14(11-28)20(30)27-21-26-18(12-32-21)15-9-17(19(23)29)24-10-15/h2,4,6,8-10,12,14,24H,3,5,7,11H2,1H3,(H2,23,29)(H,25,31)(H,26,27,30). The van der Waals surface area contributed by atoms with E-state index in [1.165, 1.54) is 11.3 Å². The number of carbonyl (C=O) groups excluding carboxylic acids is 3. The number of hydrogen-bond donors (Lipinski definition) is 4. The summed E-state index contributed by atoms with van der Waals surface area (Å²) in [6.07, 6.45) is 3.10. The van der Waals surface area contributed by atoms with E-state index in [9.17, 15) is 14.4 Å². The Kier molecular flexibility index (Phi) is 6.22. The molecule has 32 heavy (non-hydrogen) atoms. The van der Waals surface area contributed by atoms with Crippen molar-refractivity contribution in [2.45, 2.75) is 19.8 Å². The summed E-state index contributed by atoms with van der Waals surface area (Å²) in [5, 5.41) is 8.02. The van der Waals surface area contributed by atoms with Gasteiger partial charge in [0.25, 0.3) is 5.91 Å². The molecule has 1 aliphatic rings. The molecule has 1 unspecified atom stereocenters. The second-order valence-electron chi connectivity index (χ2n) is 7.78. The van der Waals surface area contributed by atoms with Crippen LogP contribution in [0.5, 0.6) is 0 Å². The summed E-state index contributed by atoms with van der Waals surface area (Å²) in [5.74, 6) is -1.02. The minimum absolute atomic E-state index is 0.161. The zero-order valence-electron chi connectivity index (χ0n) is 17.6. The van der Waals surface area contributed by atoms with E-state index in [1.807, 2.05) is 31.2 Å². The first-order valence-electron chi connectivity index (χ1n) is 10.3. The highest BCUT2D eigenvalue weighted by atomic mass is 32.1. The van der Waals surface area contributed by atoms with Crippen LogP contribution in [0.4, 0.5) is 15.6 Å². The third-order valence-electron chi connectivity index (χ3n) is 5.33. The average Bonchev–Trinajstić information content (AvgIpc) is 3.43. The highest BCUT2D eigenvalue weighted by Gasteiger charge is 2.29. The van der Waals surface area contributed by atoms with Crippen molar-refractivity contribution in [3.05, 3.63) is 53.2 Å². The minimum Gasteiger partial charge on any atom is -0.364 e. The first kappa shape index (κ1) is 21.6. The lowest BCUT2D eigenvalue weighted by Gasteiger charge is -2.31. The number of benzene rings is 1. The molecule has 3 aromatic rings.